The van der Waals surface area contributed by atoms with Crippen LogP contribution in [0.4, 0.5) is 0 Å². The molecule has 1 heterocycles. The van der Waals surface area contributed by atoms with Crippen molar-refractivity contribution < 1.29 is 14.7 Å². The summed E-state index contributed by atoms with van der Waals surface area (Å²) in [5, 5.41) is 12.8. The second kappa shape index (κ2) is 6.16. The van der Waals surface area contributed by atoms with E-state index in [0.29, 0.717) is 21.9 Å². The number of carboxylic acids is 1. The maximum Gasteiger partial charge on any atom is 0.305 e. The number of nitrogens with one attached hydrogen (secondary N) is 1. The third-order valence-corrected chi connectivity index (χ3v) is 4.12. The van der Waals surface area contributed by atoms with E-state index >= 15 is 0 Å². The molecular formula is C17H17ClN2O3. The molecule has 1 atom stereocenters. The van der Waals surface area contributed by atoms with Gasteiger partial charge in [-0.15, -0.1) is 0 Å². The summed E-state index contributed by atoms with van der Waals surface area (Å²) >= 11 is 6.05. The van der Waals surface area contributed by atoms with Crippen molar-refractivity contribution in [2.24, 2.45) is 0 Å². The quantitative estimate of drug-likeness (QED) is 0.880. The Bertz CT molecular complexity index is 787. The zero-order chi connectivity index (χ0) is 16.6. The number of carboxylic acid groups (broad SMARTS) is 1. The first-order chi connectivity index (χ1) is 10.9. The number of nitrogens with zero attached hydrogens (tertiary/aromatic N) is 1. The van der Waals surface area contributed by atoms with Crippen molar-refractivity contribution in [3.8, 4) is 0 Å². The molecule has 2 aromatic rings. The molecule has 2 N–H and O–H groups in total. The first-order valence-corrected chi connectivity index (χ1v) is 7.94. The van der Waals surface area contributed by atoms with Crippen LogP contribution in [-0.2, 0) is 4.79 Å². The van der Waals surface area contributed by atoms with Crippen LogP contribution < -0.4 is 5.32 Å². The molecule has 1 aliphatic carbocycles. The summed E-state index contributed by atoms with van der Waals surface area (Å²) in [6, 6.07) is 6.63. The lowest BCUT2D eigenvalue weighted by atomic mass is 10.0. The average Bonchev–Trinajstić information content (AvgIpc) is 3.29. The molecule has 0 aliphatic heterocycles. The van der Waals surface area contributed by atoms with Gasteiger partial charge in [-0.1, -0.05) is 11.6 Å². The van der Waals surface area contributed by atoms with Crippen LogP contribution in [0.25, 0.3) is 10.9 Å². The molecule has 120 valence electrons. The maximum atomic E-state index is 12.6. The van der Waals surface area contributed by atoms with Gasteiger partial charge in [0.2, 0.25) is 0 Å². The van der Waals surface area contributed by atoms with Gasteiger partial charge in [-0.3, -0.25) is 14.6 Å². The second-order valence-electron chi connectivity index (χ2n) is 6.00. The van der Waals surface area contributed by atoms with Crippen molar-refractivity contribution in [2.75, 3.05) is 0 Å². The van der Waals surface area contributed by atoms with Gasteiger partial charge in [-0.05, 0) is 44.0 Å². The van der Waals surface area contributed by atoms with Gasteiger partial charge in [0.05, 0.1) is 17.5 Å². The Kier molecular flexibility index (Phi) is 4.22. The van der Waals surface area contributed by atoms with Crippen molar-refractivity contribution >= 4 is 34.4 Å². The highest BCUT2D eigenvalue weighted by atomic mass is 35.5. The van der Waals surface area contributed by atoms with E-state index in [4.69, 9.17) is 16.7 Å². The minimum Gasteiger partial charge on any atom is -0.481 e. The predicted molar refractivity (Wildman–Crippen MR) is 87.9 cm³/mol. The van der Waals surface area contributed by atoms with Gasteiger partial charge in [0.15, 0.2) is 0 Å². The van der Waals surface area contributed by atoms with E-state index in [1.54, 1.807) is 31.2 Å². The Morgan fingerprint density at radius 3 is 2.78 bits per heavy atom. The number of amides is 1. The highest BCUT2D eigenvalue weighted by molar-refractivity contribution is 6.31. The van der Waals surface area contributed by atoms with Gasteiger partial charge in [-0.25, -0.2) is 0 Å². The number of fused-ring (bicyclic) bond motifs is 1. The molecule has 1 aromatic heterocycles. The number of rotatable bonds is 5. The molecule has 6 heteroatoms. The molecule has 1 saturated carbocycles. The Morgan fingerprint density at radius 2 is 2.13 bits per heavy atom. The molecule has 1 fully saturated rings. The Balaban J connectivity index is 1.98. The van der Waals surface area contributed by atoms with E-state index in [1.165, 1.54) is 0 Å². The number of halogens is 1. The van der Waals surface area contributed by atoms with Crippen LogP contribution in [0.1, 0.15) is 48.2 Å². The van der Waals surface area contributed by atoms with Crippen molar-refractivity contribution in [3.63, 3.8) is 0 Å². The van der Waals surface area contributed by atoms with Gasteiger partial charge < -0.3 is 10.4 Å². The maximum absolute atomic E-state index is 12.6. The lowest BCUT2D eigenvalue weighted by Gasteiger charge is -2.14. The van der Waals surface area contributed by atoms with Crippen LogP contribution >= 0.6 is 11.6 Å². The molecule has 1 amide bonds. The van der Waals surface area contributed by atoms with Crippen LogP contribution in [0, 0.1) is 0 Å². The molecule has 1 unspecified atom stereocenters. The summed E-state index contributed by atoms with van der Waals surface area (Å²) in [6.45, 7) is 1.67. The fourth-order valence-electron chi connectivity index (χ4n) is 2.61. The van der Waals surface area contributed by atoms with Crippen molar-refractivity contribution in [2.45, 2.75) is 38.1 Å². The van der Waals surface area contributed by atoms with Crippen LogP contribution in [0.15, 0.2) is 24.3 Å². The average molecular weight is 333 g/mol. The van der Waals surface area contributed by atoms with Crippen molar-refractivity contribution in [3.05, 3.63) is 40.5 Å². The molecule has 5 nitrogen and oxygen atoms in total. The van der Waals surface area contributed by atoms with E-state index in [9.17, 15) is 9.59 Å². The Morgan fingerprint density at radius 1 is 1.39 bits per heavy atom. The molecule has 1 aromatic carbocycles. The topological polar surface area (TPSA) is 79.3 Å². The third-order valence-electron chi connectivity index (χ3n) is 3.89. The number of aliphatic carboxylic acids is 1. The van der Waals surface area contributed by atoms with Gasteiger partial charge in [0, 0.05) is 28.1 Å². The smallest absolute Gasteiger partial charge is 0.305 e. The SMILES string of the molecule is CC(CC(=O)O)NC(=O)c1cc(C2CC2)nc2ccc(Cl)cc12. The van der Waals surface area contributed by atoms with Crippen molar-refractivity contribution in [1.29, 1.82) is 0 Å². The van der Waals surface area contributed by atoms with E-state index < -0.39 is 12.0 Å². The minimum absolute atomic E-state index is 0.120. The number of carbonyl (C=O) groups excluding carboxylic acids is 1. The van der Waals surface area contributed by atoms with Crippen LogP contribution in [0.5, 0.6) is 0 Å². The Labute approximate surface area is 138 Å². The van der Waals surface area contributed by atoms with E-state index in [0.717, 1.165) is 24.1 Å². The number of benzene rings is 1. The summed E-state index contributed by atoms with van der Waals surface area (Å²) in [5.74, 6) is -0.826. The highest BCUT2D eigenvalue weighted by Crippen LogP contribution is 2.40. The summed E-state index contributed by atoms with van der Waals surface area (Å²) in [7, 11) is 0. The zero-order valence-electron chi connectivity index (χ0n) is 12.7. The summed E-state index contributed by atoms with van der Waals surface area (Å²) < 4.78 is 0. The molecular weight excluding hydrogens is 316 g/mol. The second-order valence-corrected chi connectivity index (χ2v) is 6.44. The molecule has 23 heavy (non-hydrogen) atoms. The fourth-order valence-corrected chi connectivity index (χ4v) is 2.78. The molecule has 0 radical (unpaired) electrons. The Hall–Kier alpha value is -2.14. The number of hydrogen-bond acceptors (Lipinski definition) is 3. The van der Waals surface area contributed by atoms with Gasteiger partial charge in [0.1, 0.15) is 0 Å². The molecule has 0 bridgehead atoms. The van der Waals surface area contributed by atoms with Crippen LogP contribution in [0.3, 0.4) is 0 Å². The summed E-state index contributed by atoms with van der Waals surface area (Å²) in [5.41, 5.74) is 2.14. The lowest BCUT2D eigenvalue weighted by Crippen LogP contribution is -2.34. The zero-order valence-corrected chi connectivity index (χ0v) is 13.4. The molecule has 1 aliphatic rings. The number of aromatic nitrogens is 1. The molecule has 0 spiro atoms. The predicted octanol–water partition coefficient (Wildman–Crippen LogP) is 3.36. The third kappa shape index (κ3) is 3.62. The first-order valence-electron chi connectivity index (χ1n) is 7.57. The normalized spacial score (nSPS) is 15.4. The minimum atomic E-state index is -0.945. The van der Waals surface area contributed by atoms with E-state index in [2.05, 4.69) is 10.3 Å². The van der Waals surface area contributed by atoms with Crippen LogP contribution in [-0.4, -0.2) is 28.0 Å². The summed E-state index contributed by atoms with van der Waals surface area (Å²) in [4.78, 5) is 28.0. The van der Waals surface area contributed by atoms with E-state index in [1.807, 2.05) is 0 Å². The van der Waals surface area contributed by atoms with Crippen molar-refractivity contribution in [1.82, 2.24) is 10.3 Å². The van der Waals surface area contributed by atoms with Gasteiger partial charge >= 0.3 is 5.97 Å². The van der Waals surface area contributed by atoms with Gasteiger partial charge in [-0.2, -0.15) is 0 Å². The molecule has 0 saturated heterocycles. The molecule has 3 rings (SSSR count). The lowest BCUT2D eigenvalue weighted by molar-refractivity contribution is -0.137. The van der Waals surface area contributed by atoms with E-state index in [-0.39, 0.29) is 12.3 Å². The standard InChI is InChI=1S/C17H17ClN2O3/c1-9(6-16(21)22)19-17(23)13-8-15(10-2-3-10)20-14-5-4-11(18)7-12(13)14/h4-5,7-10H,2-3,6H2,1H3,(H,19,23)(H,21,22). The first kappa shape index (κ1) is 15.7. The summed E-state index contributed by atoms with van der Waals surface area (Å²) in [6.07, 6.45) is 2.05. The monoisotopic (exact) mass is 332 g/mol. The van der Waals surface area contributed by atoms with Gasteiger partial charge in [0.25, 0.3) is 5.91 Å². The van der Waals surface area contributed by atoms with Crippen LogP contribution in [0.2, 0.25) is 5.02 Å². The largest absolute Gasteiger partial charge is 0.481 e. The number of carbonyl (C=O) groups is 2. The number of hydrogen-bond donors (Lipinski definition) is 2. The highest BCUT2D eigenvalue weighted by Gasteiger charge is 2.27. The number of pyridine rings is 1. The fraction of sp³-hybridized carbons (Fsp3) is 0.353.